The van der Waals surface area contributed by atoms with Gasteiger partial charge in [-0.25, -0.2) is 0 Å². The normalized spacial score (nSPS) is 30.9. The van der Waals surface area contributed by atoms with Gasteiger partial charge in [0.25, 0.3) is 0 Å². The molecule has 1 saturated carbocycles. The molecule has 2 aliphatic carbocycles. The number of aliphatic hydroxyl groups excluding tert-OH is 1. The van der Waals surface area contributed by atoms with Gasteiger partial charge < -0.3 is 5.11 Å². The van der Waals surface area contributed by atoms with Crippen LogP contribution in [0.4, 0.5) is 0 Å². The number of fused-ring (bicyclic) bond motifs is 1. The third-order valence-corrected chi connectivity index (χ3v) is 2.74. The molecule has 2 nitrogen and oxygen atoms in total. The van der Waals surface area contributed by atoms with Crippen LogP contribution in [0.5, 0.6) is 0 Å². The van der Waals surface area contributed by atoms with Crippen LogP contribution in [-0.4, -0.2) is 10.9 Å². The first kappa shape index (κ1) is 6.89. The summed E-state index contributed by atoms with van der Waals surface area (Å²) in [4.78, 5) is 11.0. The van der Waals surface area contributed by atoms with Crippen molar-refractivity contribution in [3.63, 3.8) is 0 Å². The number of aliphatic hydroxyl groups is 1. The molecule has 1 atom stereocenters. The van der Waals surface area contributed by atoms with Gasteiger partial charge in [0.15, 0.2) is 11.5 Å². The molecule has 1 N–H and O–H groups in total. The fourth-order valence-electron chi connectivity index (χ4n) is 2.12. The first-order valence-electron chi connectivity index (χ1n) is 4.24. The molecule has 0 heterocycles. The van der Waals surface area contributed by atoms with E-state index in [-0.39, 0.29) is 11.5 Å². The summed E-state index contributed by atoms with van der Waals surface area (Å²) >= 11 is 0. The zero-order chi connectivity index (χ0) is 7.84. The van der Waals surface area contributed by atoms with Crippen LogP contribution in [0.15, 0.2) is 11.3 Å². The molecule has 60 valence electrons. The number of hydrogen-bond acceptors (Lipinski definition) is 2. The van der Waals surface area contributed by atoms with E-state index < -0.39 is 0 Å². The molecule has 0 radical (unpaired) electrons. The number of rotatable bonds is 0. The Labute approximate surface area is 65.9 Å². The minimum absolute atomic E-state index is 0.0353. The second kappa shape index (κ2) is 2.36. The molecule has 0 aromatic rings. The molecule has 0 bridgehead atoms. The van der Waals surface area contributed by atoms with Crippen molar-refractivity contribution in [2.75, 3.05) is 0 Å². The lowest BCUT2D eigenvalue weighted by Gasteiger charge is -2.18. The molecule has 0 unspecified atom stereocenters. The SMILES string of the molecule is O=C1C[C@H]2CCCCC2=C1O. The van der Waals surface area contributed by atoms with E-state index in [1.54, 1.807) is 0 Å². The molecular weight excluding hydrogens is 140 g/mol. The van der Waals surface area contributed by atoms with E-state index >= 15 is 0 Å². The Morgan fingerprint density at radius 1 is 1.36 bits per heavy atom. The summed E-state index contributed by atoms with van der Waals surface area (Å²) in [5.74, 6) is 0.456. The zero-order valence-corrected chi connectivity index (χ0v) is 6.47. The maximum absolute atomic E-state index is 11.0. The van der Waals surface area contributed by atoms with E-state index in [0.717, 1.165) is 24.8 Å². The van der Waals surface area contributed by atoms with E-state index in [2.05, 4.69) is 0 Å². The van der Waals surface area contributed by atoms with Crippen LogP contribution in [-0.2, 0) is 4.79 Å². The van der Waals surface area contributed by atoms with Gasteiger partial charge in [0.1, 0.15) is 0 Å². The van der Waals surface area contributed by atoms with Crippen LogP contribution in [0.3, 0.4) is 0 Å². The van der Waals surface area contributed by atoms with Gasteiger partial charge in [-0.3, -0.25) is 4.79 Å². The Morgan fingerprint density at radius 2 is 2.18 bits per heavy atom. The standard InChI is InChI=1S/C9H12O2/c10-8-5-6-3-1-2-4-7(6)9(8)11/h6,11H,1-5H2/t6-/m1/s1. The molecule has 0 amide bonds. The second-order valence-corrected chi connectivity index (χ2v) is 3.44. The van der Waals surface area contributed by atoms with E-state index in [1.165, 1.54) is 6.42 Å². The molecular formula is C9H12O2. The third kappa shape index (κ3) is 0.971. The summed E-state index contributed by atoms with van der Waals surface area (Å²) in [6.45, 7) is 0. The molecule has 11 heavy (non-hydrogen) atoms. The topological polar surface area (TPSA) is 37.3 Å². The van der Waals surface area contributed by atoms with Crippen molar-refractivity contribution >= 4 is 5.78 Å². The summed E-state index contributed by atoms with van der Waals surface area (Å²) in [5.41, 5.74) is 1.04. The van der Waals surface area contributed by atoms with Crippen LogP contribution >= 0.6 is 0 Å². The quantitative estimate of drug-likeness (QED) is 0.576. The summed E-state index contributed by atoms with van der Waals surface area (Å²) < 4.78 is 0. The highest BCUT2D eigenvalue weighted by atomic mass is 16.3. The lowest BCUT2D eigenvalue weighted by Crippen LogP contribution is -2.06. The van der Waals surface area contributed by atoms with Crippen LogP contribution in [0, 0.1) is 5.92 Å². The molecule has 2 rings (SSSR count). The van der Waals surface area contributed by atoms with Gasteiger partial charge in [0.05, 0.1) is 0 Å². The smallest absolute Gasteiger partial charge is 0.197 e. The summed E-state index contributed by atoms with van der Waals surface area (Å²) in [6.07, 6.45) is 4.98. The van der Waals surface area contributed by atoms with Crippen LogP contribution in [0.25, 0.3) is 0 Å². The van der Waals surface area contributed by atoms with Gasteiger partial charge in [-0.15, -0.1) is 0 Å². The summed E-state index contributed by atoms with van der Waals surface area (Å²) in [5, 5.41) is 9.32. The molecule has 0 spiro atoms. The van der Waals surface area contributed by atoms with Crippen LogP contribution in [0.1, 0.15) is 32.1 Å². The Hall–Kier alpha value is -0.790. The van der Waals surface area contributed by atoms with Crippen LogP contribution in [0.2, 0.25) is 0 Å². The molecule has 0 aromatic heterocycles. The Balaban J connectivity index is 2.28. The monoisotopic (exact) mass is 152 g/mol. The lowest BCUT2D eigenvalue weighted by atomic mass is 9.86. The number of hydrogen-bond donors (Lipinski definition) is 1. The van der Waals surface area contributed by atoms with Gasteiger partial charge in [-0.1, -0.05) is 6.42 Å². The average Bonchev–Trinajstić information content (AvgIpc) is 2.30. The van der Waals surface area contributed by atoms with E-state index in [0.29, 0.717) is 12.3 Å². The fraction of sp³-hybridized carbons (Fsp3) is 0.667. The van der Waals surface area contributed by atoms with Gasteiger partial charge >= 0.3 is 0 Å². The maximum atomic E-state index is 11.0. The fourth-order valence-corrected chi connectivity index (χ4v) is 2.12. The first-order chi connectivity index (χ1) is 5.29. The van der Waals surface area contributed by atoms with Gasteiger partial charge in [-0.2, -0.15) is 0 Å². The van der Waals surface area contributed by atoms with Crippen molar-refractivity contribution in [1.29, 1.82) is 0 Å². The highest BCUT2D eigenvalue weighted by Gasteiger charge is 2.33. The predicted molar refractivity (Wildman–Crippen MR) is 41.2 cm³/mol. The van der Waals surface area contributed by atoms with Crippen molar-refractivity contribution in [3.8, 4) is 0 Å². The largest absolute Gasteiger partial charge is 0.504 e. The Morgan fingerprint density at radius 3 is 2.91 bits per heavy atom. The molecule has 1 fully saturated rings. The minimum atomic E-state index is -0.0353. The van der Waals surface area contributed by atoms with E-state index in [9.17, 15) is 9.90 Å². The number of ketones is 1. The highest BCUT2D eigenvalue weighted by molar-refractivity contribution is 5.96. The Kier molecular flexibility index (Phi) is 1.48. The lowest BCUT2D eigenvalue weighted by molar-refractivity contribution is -0.117. The van der Waals surface area contributed by atoms with Gasteiger partial charge in [0.2, 0.25) is 0 Å². The molecule has 0 aliphatic heterocycles. The highest BCUT2D eigenvalue weighted by Crippen LogP contribution is 2.38. The van der Waals surface area contributed by atoms with E-state index in [1.807, 2.05) is 0 Å². The summed E-state index contributed by atoms with van der Waals surface area (Å²) in [7, 11) is 0. The molecule has 2 heteroatoms. The number of carbonyl (C=O) groups excluding carboxylic acids is 1. The zero-order valence-electron chi connectivity index (χ0n) is 6.47. The number of allylic oxidation sites excluding steroid dienone is 2. The van der Waals surface area contributed by atoms with Crippen LogP contribution < -0.4 is 0 Å². The van der Waals surface area contributed by atoms with Crippen molar-refractivity contribution in [2.45, 2.75) is 32.1 Å². The number of Topliss-reactive ketones (excluding diaryl/α,β-unsaturated/α-hetero) is 1. The van der Waals surface area contributed by atoms with Gasteiger partial charge in [0, 0.05) is 6.42 Å². The van der Waals surface area contributed by atoms with Crippen molar-refractivity contribution < 1.29 is 9.90 Å². The maximum Gasteiger partial charge on any atom is 0.197 e. The summed E-state index contributed by atoms with van der Waals surface area (Å²) in [6, 6.07) is 0. The third-order valence-electron chi connectivity index (χ3n) is 2.74. The molecule has 0 saturated heterocycles. The minimum Gasteiger partial charge on any atom is -0.504 e. The van der Waals surface area contributed by atoms with Crippen molar-refractivity contribution in [3.05, 3.63) is 11.3 Å². The van der Waals surface area contributed by atoms with E-state index in [4.69, 9.17) is 0 Å². The van der Waals surface area contributed by atoms with Crippen molar-refractivity contribution in [1.82, 2.24) is 0 Å². The first-order valence-corrected chi connectivity index (χ1v) is 4.24. The van der Waals surface area contributed by atoms with Gasteiger partial charge in [-0.05, 0) is 30.8 Å². The Bertz CT molecular complexity index is 228. The molecule has 0 aromatic carbocycles. The van der Waals surface area contributed by atoms with Crippen molar-refractivity contribution in [2.24, 2.45) is 5.92 Å². The predicted octanol–water partition coefficient (Wildman–Crippen LogP) is 1.96. The average molecular weight is 152 g/mol. The molecule has 2 aliphatic rings. The second-order valence-electron chi connectivity index (χ2n) is 3.44. The number of carbonyl (C=O) groups is 1.